The molecule has 0 saturated heterocycles. The summed E-state index contributed by atoms with van der Waals surface area (Å²) in [5, 5.41) is 0. The van der Waals surface area contributed by atoms with Gasteiger partial charge in [-0.25, -0.2) is 4.57 Å². The van der Waals surface area contributed by atoms with E-state index in [1.54, 1.807) is 0 Å². The van der Waals surface area contributed by atoms with E-state index in [9.17, 15) is 0 Å². The van der Waals surface area contributed by atoms with Crippen molar-refractivity contribution in [2.45, 2.75) is 71.3 Å². The first kappa shape index (κ1) is 20.7. The smallest absolute Gasteiger partial charge is 0.169 e. The van der Waals surface area contributed by atoms with Crippen molar-refractivity contribution in [3.63, 3.8) is 0 Å². The zero-order chi connectivity index (χ0) is 16.3. The Kier molecular flexibility index (Phi) is 10.4. The molecule has 1 nitrogen and oxygen atoms in total. The summed E-state index contributed by atoms with van der Waals surface area (Å²) < 4.78 is 2.33. The van der Waals surface area contributed by atoms with Gasteiger partial charge in [-0.3, -0.25) is 0 Å². The van der Waals surface area contributed by atoms with Gasteiger partial charge >= 0.3 is 0 Å². The molecule has 1 unspecified atom stereocenters. The predicted octanol–water partition coefficient (Wildman–Crippen LogP) is 2.88. The van der Waals surface area contributed by atoms with Crippen LogP contribution in [-0.2, 0) is 6.54 Å². The molecule has 0 spiro atoms. The lowest BCUT2D eigenvalue weighted by Gasteiger charge is -2.15. The number of pyridine rings is 1. The Morgan fingerprint density at radius 1 is 0.750 bits per heavy atom. The predicted molar refractivity (Wildman–Crippen MR) is 98.6 cm³/mol. The summed E-state index contributed by atoms with van der Waals surface area (Å²) in [6, 6.07) is 15.5. The summed E-state index contributed by atoms with van der Waals surface area (Å²) in [7, 11) is 0. The minimum absolute atomic E-state index is 0. The van der Waals surface area contributed by atoms with Crippen molar-refractivity contribution in [1.29, 1.82) is 0 Å². The summed E-state index contributed by atoms with van der Waals surface area (Å²) in [5.41, 5.74) is 2.85. The van der Waals surface area contributed by atoms with Crippen LogP contribution in [0.2, 0.25) is 0 Å². The molecule has 0 bridgehead atoms. The first-order valence-electron chi connectivity index (χ1n) is 9.39. The highest BCUT2D eigenvalue weighted by Gasteiger charge is 2.13. The van der Waals surface area contributed by atoms with E-state index in [1.807, 2.05) is 0 Å². The van der Waals surface area contributed by atoms with Gasteiger partial charge in [0.1, 0.15) is 6.54 Å². The number of halogens is 1. The number of aromatic nitrogens is 1. The van der Waals surface area contributed by atoms with Gasteiger partial charge in [-0.1, -0.05) is 69.9 Å². The van der Waals surface area contributed by atoms with Crippen molar-refractivity contribution in [2.24, 2.45) is 0 Å². The van der Waals surface area contributed by atoms with E-state index in [0.29, 0.717) is 5.92 Å². The number of rotatable bonds is 10. The molecule has 0 fully saturated rings. The van der Waals surface area contributed by atoms with Crippen LogP contribution in [0.25, 0.3) is 0 Å². The molecule has 132 valence electrons. The van der Waals surface area contributed by atoms with Crippen LogP contribution in [-0.4, -0.2) is 0 Å². The van der Waals surface area contributed by atoms with E-state index in [4.69, 9.17) is 0 Å². The highest BCUT2D eigenvalue weighted by atomic mass is 35.5. The molecule has 24 heavy (non-hydrogen) atoms. The molecular formula is C22H32ClN. The Hall–Kier alpha value is -1.34. The Morgan fingerprint density at radius 3 is 1.96 bits per heavy atom. The van der Waals surface area contributed by atoms with Gasteiger partial charge in [0.2, 0.25) is 0 Å². The van der Waals surface area contributed by atoms with E-state index in [-0.39, 0.29) is 12.4 Å². The summed E-state index contributed by atoms with van der Waals surface area (Å²) in [6.07, 6.45) is 13.8. The van der Waals surface area contributed by atoms with Gasteiger partial charge in [-0.15, -0.1) is 0 Å². The maximum atomic E-state index is 2.33. The molecule has 2 rings (SSSR count). The molecule has 1 aromatic heterocycles. The molecule has 2 heteroatoms. The van der Waals surface area contributed by atoms with Crippen molar-refractivity contribution in [1.82, 2.24) is 0 Å². The number of hydrogen-bond donors (Lipinski definition) is 0. The van der Waals surface area contributed by atoms with Gasteiger partial charge in [-0.2, -0.15) is 0 Å². The summed E-state index contributed by atoms with van der Waals surface area (Å²) in [5.74, 6) is 0.514. The van der Waals surface area contributed by atoms with Gasteiger partial charge < -0.3 is 12.4 Å². The van der Waals surface area contributed by atoms with Crippen LogP contribution in [0.5, 0.6) is 0 Å². The van der Waals surface area contributed by atoms with Gasteiger partial charge in [0, 0.05) is 24.5 Å². The largest absolute Gasteiger partial charge is 1.00 e. The van der Waals surface area contributed by atoms with E-state index < -0.39 is 0 Å². The topological polar surface area (TPSA) is 3.88 Å². The standard InChI is InChI=1S/C22H32N.ClH/c1-3-5-6-7-8-12-17-23-18-15-21(16-19-23)22(4-2)20-13-10-9-11-14-20;/h9-11,13-16,18-19,22H,3-8,12,17H2,1-2H3;1H/q+1;/p-1. The Balaban J connectivity index is 0.00000288. The molecule has 1 aromatic carbocycles. The monoisotopic (exact) mass is 345 g/mol. The Morgan fingerprint density at radius 2 is 1.33 bits per heavy atom. The second-order valence-corrected chi connectivity index (χ2v) is 6.51. The lowest BCUT2D eigenvalue weighted by Crippen LogP contribution is -3.00. The third-order valence-electron chi connectivity index (χ3n) is 4.70. The van der Waals surface area contributed by atoms with E-state index in [1.165, 1.54) is 49.7 Å². The van der Waals surface area contributed by atoms with Crippen molar-refractivity contribution in [2.75, 3.05) is 0 Å². The van der Waals surface area contributed by atoms with Crippen LogP contribution >= 0.6 is 0 Å². The number of nitrogens with zero attached hydrogens (tertiary/aromatic N) is 1. The number of aryl methyl sites for hydroxylation is 1. The fraction of sp³-hybridized carbons (Fsp3) is 0.500. The zero-order valence-corrected chi connectivity index (χ0v) is 16.0. The first-order valence-corrected chi connectivity index (χ1v) is 9.39. The number of benzene rings is 1. The van der Waals surface area contributed by atoms with Crippen LogP contribution in [0.1, 0.15) is 75.8 Å². The van der Waals surface area contributed by atoms with E-state index in [2.05, 4.69) is 73.3 Å². The van der Waals surface area contributed by atoms with Crippen LogP contribution < -0.4 is 17.0 Å². The van der Waals surface area contributed by atoms with Gasteiger partial charge in [0.15, 0.2) is 12.4 Å². The van der Waals surface area contributed by atoms with Gasteiger partial charge in [0.05, 0.1) is 0 Å². The lowest BCUT2D eigenvalue weighted by atomic mass is 9.90. The number of hydrogen-bond acceptors (Lipinski definition) is 0. The third kappa shape index (κ3) is 6.65. The van der Waals surface area contributed by atoms with Crippen LogP contribution in [0.4, 0.5) is 0 Å². The highest BCUT2D eigenvalue weighted by molar-refractivity contribution is 5.30. The first-order chi connectivity index (χ1) is 11.3. The molecule has 1 atom stereocenters. The quantitative estimate of drug-likeness (QED) is 0.460. The molecule has 0 saturated carbocycles. The summed E-state index contributed by atoms with van der Waals surface area (Å²) in [6.45, 7) is 5.69. The zero-order valence-electron chi connectivity index (χ0n) is 15.3. The van der Waals surface area contributed by atoms with Crippen molar-refractivity contribution in [3.8, 4) is 0 Å². The SMILES string of the molecule is CCCCCCCC[n+]1ccc(C(CC)c2ccccc2)cc1.[Cl-]. The Bertz CT molecular complexity index is 536. The van der Waals surface area contributed by atoms with E-state index >= 15 is 0 Å². The van der Waals surface area contributed by atoms with Crippen LogP contribution in [0, 0.1) is 0 Å². The molecule has 0 aliphatic rings. The minimum Gasteiger partial charge on any atom is -1.00 e. The fourth-order valence-corrected chi connectivity index (χ4v) is 3.27. The van der Waals surface area contributed by atoms with Gasteiger partial charge in [0.25, 0.3) is 0 Å². The molecule has 1 heterocycles. The maximum absolute atomic E-state index is 2.33. The third-order valence-corrected chi connectivity index (χ3v) is 4.70. The highest BCUT2D eigenvalue weighted by Crippen LogP contribution is 2.26. The number of unbranched alkanes of at least 4 members (excludes halogenated alkanes) is 5. The van der Waals surface area contributed by atoms with Crippen LogP contribution in [0.3, 0.4) is 0 Å². The van der Waals surface area contributed by atoms with E-state index in [0.717, 1.165) is 13.0 Å². The van der Waals surface area contributed by atoms with Crippen molar-refractivity contribution in [3.05, 3.63) is 66.0 Å². The summed E-state index contributed by atoms with van der Waals surface area (Å²) >= 11 is 0. The average molecular weight is 346 g/mol. The molecule has 0 aliphatic heterocycles. The molecule has 0 radical (unpaired) electrons. The second kappa shape index (κ2) is 12.1. The normalized spacial score (nSPS) is 11.8. The molecular weight excluding hydrogens is 314 g/mol. The van der Waals surface area contributed by atoms with Gasteiger partial charge in [-0.05, 0) is 24.0 Å². The maximum Gasteiger partial charge on any atom is 0.169 e. The lowest BCUT2D eigenvalue weighted by molar-refractivity contribution is -0.697. The Labute approximate surface area is 154 Å². The molecule has 0 aliphatic carbocycles. The molecule has 2 aromatic rings. The fourth-order valence-electron chi connectivity index (χ4n) is 3.27. The molecule has 0 amide bonds. The summed E-state index contributed by atoms with van der Waals surface area (Å²) in [4.78, 5) is 0. The second-order valence-electron chi connectivity index (χ2n) is 6.51. The van der Waals surface area contributed by atoms with Crippen molar-refractivity contribution < 1.29 is 17.0 Å². The average Bonchev–Trinajstić information content (AvgIpc) is 2.61. The minimum atomic E-state index is 0. The molecule has 0 N–H and O–H groups in total. The van der Waals surface area contributed by atoms with Crippen LogP contribution in [0.15, 0.2) is 54.9 Å². The van der Waals surface area contributed by atoms with Crippen molar-refractivity contribution >= 4 is 0 Å².